The van der Waals surface area contributed by atoms with E-state index in [1.165, 1.54) is 0 Å². The summed E-state index contributed by atoms with van der Waals surface area (Å²) in [6.07, 6.45) is 0. The normalized spacial score (nSPS) is 26.2. The Morgan fingerprint density at radius 3 is 2.79 bits per heavy atom. The van der Waals surface area contributed by atoms with E-state index in [0.29, 0.717) is 0 Å². The molecule has 0 bridgehead atoms. The third kappa shape index (κ3) is 1.35. The van der Waals surface area contributed by atoms with Crippen LogP contribution >= 0.6 is 15.9 Å². The highest BCUT2D eigenvalue weighted by Gasteiger charge is 2.42. The molecule has 1 aromatic rings. The van der Waals surface area contributed by atoms with E-state index in [1.807, 2.05) is 31.2 Å². The zero-order valence-electron chi connectivity index (χ0n) is 7.77. The number of carbonyl (C=O) groups is 1. The highest BCUT2D eigenvalue weighted by atomic mass is 79.9. The third-order valence-electron chi connectivity index (χ3n) is 2.54. The monoisotopic (exact) mass is 254 g/mol. The highest BCUT2D eigenvalue weighted by Crippen LogP contribution is 2.28. The van der Waals surface area contributed by atoms with Gasteiger partial charge in [-0.3, -0.25) is 4.79 Å². The zero-order chi connectivity index (χ0) is 10.3. The van der Waals surface area contributed by atoms with Crippen LogP contribution in [0.1, 0.15) is 6.92 Å². The number of anilines is 1. The lowest BCUT2D eigenvalue weighted by atomic mass is 9.97. The van der Waals surface area contributed by atoms with Crippen molar-refractivity contribution in [1.29, 1.82) is 0 Å². The fraction of sp³-hybridized carbons (Fsp3) is 0.300. The van der Waals surface area contributed by atoms with Crippen LogP contribution in [-0.2, 0) is 4.79 Å². The van der Waals surface area contributed by atoms with E-state index in [0.717, 1.165) is 10.2 Å². The minimum absolute atomic E-state index is 0.00407. The van der Waals surface area contributed by atoms with Crippen molar-refractivity contribution in [2.24, 2.45) is 5.73 Å². The molecule has 0 unspecified atom stereocenters. The molecule has 1 fully saturated rings. The number of β-lactam (4-membered cyclic amide) rings is 1. The van der Waals surface area contributed by atoms with Crippen LogP contribution in [0.2, 0.25) is 0 Å². The van der Waals surface area contributed by atoms with E-state index in [4.69, 9.17) is 5.73 Å². The van der Waals surface area contributed by atoms with Gasteiger partial charge >= 0.3 is 0 Å². The van der Waals surface area contributed by atoms with Crippen molar-refractivity contribution in [3.05, 3.63) is 28.7 Å². The van der Waals surface area contributed by atoms with Gasteiger partial charge in [0.2, 0.25) is 5.91 Å². The standard InChI is InChI=1S/C10H11BrN2O/c1-6-9(12)10(14)13(6)8-4-2-3-7(11)5-8/h2-6,9H,12H2,1H3/t6-,9+/m0/s1. The summed E-state index contributed by atoms with van der Waals surface area (Å²) in [5.74, 6) is -0.00407. The zero-order valence-corrected chi connectivity index (χ0v) is 9.36. The molecule has 4 heteroatoms. The van der Waals surface area contributed by atoms with Crippen molar-refractivity contribution in [2.45, 2.75) is 19.0 Å². The van der Waals surface area contributed by atoms with Gasteiger partial charge in [0.15, 0.2) is 0 Å². The summed E-state index contributed by atoms with van der Waals surface area (Å²) in [7, 11) is 0. The Bertz CT molecular complexity index is 380. The summed E-state index contributed by atoms with van der Waals surface area (Å²) < 4.78 is 0.968. The Kier molecular flexibility index (Phi) is 2.33. The second kappa shape index (κ2) is 3.37. The number of nitrogens with two attached hydrogens (primary N) is 1. The molecule has 0 aromatic heterocycles. The van der Waals surface area contributed by atoms with Crippen LogP contribution in [0, 0.1) is 0 Å². The number of benzene rings is 1. The first-order chi connectivity index (χ1) is 6.61. The first-order valence-corrected chi connectivity index (χ1v) is 5.25. The molecule has 1 heterocycles. The molecular weight excluding hydrogens is 244 g/mol. The summed E-state index contributed by atoms with van der Waals surface area (Å²) in [4.78, 5) is 13.2. The molecule has 0 aliphatic carbocycles. The quantitative estimate of drug-likeness (QED) is 0.773. The van der Waals surface area contributed by atoms with Gasteiger partial charge < -0.3 is 10.6 Å². The number of carbonyl (C=O) groups excluding carboxylic acids is 1. The van der Waals surface area contributed by atoms with Crippen molar-refractivity contribution in [3.63, 3.8) is 0 Å². The van der Waals surface area contributed by atoms with Gasteiger partial charge in [-0.05, 0) is 25.1 Å². The van der Waals surface area contributed by atoms with Crippen LogP contribution in [-0.4, -0.2) is 18.0 Å². The molecule has 1 saturated heterocycles. The molecule has 0 spiro atoms. The number of amides is 1. The maximum Gasteiger partial charge on any atom is 0.246 e. The van der Waals surface area contributed by atoms with Gasteiger partial charge in [0.25, 0.3) is 0 Å². The van der Waals surface area contributed by atoms with Crippen LogP contribution in [0.5, 0.6) is 0 Å². The minimum Gasteiger partial charge on any atom is -0.318 e. The van der Waals surface area contributed by atoms with Gasteiger partial charge in [-0.1, -0.05) is 22.0 Å². The lowest BCUT2D eigenvalue weighted by Crippen LogP contribution is -2.67. The van der Waals surface area contributed by atoms with E-state index in [9.17, 15) is 4.79 Å². The van der Waals surface area contributed by atoms with Gasteiger partial charge in [0.05, 0.1) is 6.04 Å². The highest BCUT2D eigenvalue weighted by molar-refractivity contribution is 9.10. The van der Waals surface area contributed by atoms with Gasteiger partial charge in [-0.2, -0.15) is 0 Å². The lowest BCUT2D eigenvalue weighted by Gasteiger charge is -2.43. The summed E-state index contributed by atoms with van der Waals surface area (Å²) >= 11 is 3.37. The maximum atomic E-state index is 11.5. The first-order valence-electron chi connectivity index (χ1n) is 4.45. The van der Waals surface area contributed by atoms with Crippen LogP contribution in [0.15, 0.2) is 28.7 Å². The fourth-order valence-electron chi connectivity index (χ4n) is 1.63. The number of nitrogens with zero attached hydrogens (tertiary/aromatic N) is 1. The molecule has 0 saturated carbocycles. The van der Waals surface area contributed by atoms with E-state index in [2.05, 4.69) is 15.9 Å². The van der Waals surface area contributed by atoms with E-state index in [1.54, 1.807) is 4.90 Å². The fourth-order valence-corrected chi connectivity index (χ4v) is 2.02. The number of halogens is 1. The summed E-state index contributed by atoms with van der Waals surface area (Å²) in [6.45, 7) is 1.95. The van der Waals surface area contributed by atoms with Crippen molar-refractivity contribution in [1.82, 2.24) is 0 Å². The van der Waals surface area contributed by atoms with Gasteiger partial charge in [-0.25, -0.2) is 0 Å². The van der Waals surface area contributed by atoms with Gasteiger partial charge in [-0.15, -0.1) is 0 Å². The van der Waals surface area contributed by atoms with E-state index in [-0.39, 0.29) is 18.0 Å². The average Bonchev–Trinajstić information content (AvgIpc) is 2.18. The predicted molar refractivity (Wildman–Crippen MR) is 59.1 cm³/mol. The molecule has 1 amide bonds. The number of rotatable bonds is 1. The Morgan fingerprint density at radius 1 is 1.50 bits per heavy atom. The lowest BCUT2D eigenvalue weighted by molar-refractivity contribution is -0.125. The molecule has 14 heavy (non-hydrogen) atoms. The molecule has 74 valence electrons. The second-order valence-corrected chi connectivity index (χ2v) is 4.37. The first kappa shape index (κ1) is 9.68. The largest absolute Gasteiger partial charge is 0.318 e. The molecule has 1 aliphatic heterocycles. The van der Waals surface area contributed by atoms with Crippen molar-refractivity contribution in [2.75, 3.05) is 4.90 Å². The minimum atomic E-state index is -0.339. The SMILES string of the molecule is C[C@H]1[C@@H](N)C(=O)N1c1cccc(Br)c1. The van der Waals surface area contributed by atoms with Crippen LogP contribution in [0.3, 0.4) is 0 Å². The number of hydrogen-bond donors (Lipinski definition) is 1. The molecule has 3 nitrogen and oxygen atoms in total. The molecular formula is C10H11BrN2O. The van der Waals surface area contributed by atoms with Crippen LogP contribution in [0.4, 0.5) is 5.69 Å². The Balaban J connectivity index is 2.29. The summed E-state index contributed by atoms with van der Waals surface area (Å²) in [6, 6.07) is 7.42. The van der Waals surface area contributed by atoms with Gasteiger partial charge in [0.1, 0.15) is 6.04 Å². The molecule has 0 radical (unpaired) electrons. The topological polar surface area (TPSA) is 46.3 Å². The third-order valence-corrected chi connectivity index (χ3v) is 3.03. The summed E-state index contributed by atoms with van der Waals surface area (Å²) in [5.41, 5.74) is 6.53. The average molecular weight is 255 g/mol. The van der Waals surface area contributed by atoms with E-state index >= 15 is 0 Å². The van der Waals surface area contributed by atoms with Crippen molar-refractivity contribution in [3.8, 4) is 0 Å². The predicted octanol–water partition coefficient (Wildman–Crippen LogP) is 1.51. The van der Waals surface area contributed by atoms with Crippen molar-refractivity contribution < 1.29 is 4.79 Å². The van der Waals surface area contributed by atoms with Gasteiger partial charge in [0, 0.05) is 10.2 Å². The Hall–Kier alpha value is -0.870. The van der Waals surface area contributed by atoms with Crippen molar-refractivity contribution >= 4 is 27.5 Å². The Morgan fingerprint density at radius 2 is 2.21 bits per heavy atom. The molecule has 1 aliphatic rings. The smallest absolute Gasteiger partial charge is 0.246 e. The van der Waals surface area contributed by atoms with Crippen LogP contribution in [0.25, 0.3) is 0 Å². The second-order valence-electron chi connectivity index (χ2n) is 3.45. The Labute approximate surface area is 91.0 Å². The number of hydrogen-bond acceptors (Lipinski definition) is 2. The molecule has 2 atom stereocenters. The molecule has 1 aromatic carbocycles. The maximum absolute atomic E-state index is 11.5. The molecule has 2 rings (SSSR count). The van der Waals surface area contributed by atoms with Crippen LogP contribution < -0.4 is 10.6 Å². The van der Waals surface area contributed by atoms with E-state index < -0.39 is 0 Å². The summed E-state index contributed by atoms with van der Waals surface area (Å²) in [5, 5.41) is 0. The molecule has 2 N–H and O–H groups in total.